The molecule has 132 valence electrons. The minimum atomic E-state index is -3.32. The van der Waals surface area contributed by atoms with Crippen molar-refractivity contribution in [3.63, 3.8) is 0 Å². The summed E-state index contributed by atoms with van der Waals surface area (Å²) >= 11 is 0. The quantitative estimate of drug-likeness (QED) is 0.842. The number of carbonyl (C=O) groups excluding carboxylic acids is 1. The van der Waals surface area contributed by atoms with Crippen molar-refractivity contribution in [2.45, 2.75) is 12.8 Å². The first-order valence-corrected chi connectivity index (χ1v) is 9.78. The molecule has 0 saturated carbocycles. The number of piperazine rings is 1. The predicted molar refractivity (Wildman–Crippen MR) is 92.8 cm³/mol. The van der Waals surface area contributed by atoms with Crippen LogP contribution in [0.15, 0.2) is 30.3 Å². The Kier molecular flexibility index (Phi) is 5.50. The lowest BCUT2D eigenvalue weighted by molar-refractivity contribution is -0.117. The van der Waals surface area contributed by atoms with Crippen LogP contribution in [0.5, 0.6) is 0 Å². The molecule has 7 nitrogen and oxygen atoms in total. The minimum Gasteiger partial charge on any atom is -0.325 e. The van der Waals surface area contributed by atoms with Gasteiger partial charge in [-0.1, -0.05) is 18.2 Å². The van der Waals surface area contributed by atoms with E-state index in [-0.39, 0.29) is 12.5 Å². The number of amides is 1. The van der Waals surface area contributed by atoms with E-state index >= 15 is 0 Å². The first-order valence-electron chi connectivity index (χ1n) is 8.38. The Hall–Kier alpha value is -1.48. The molecule has 3 rings (SSSR count). The summed E-state index contributed by atoms with van der Waals surface area (Å²) in [6, 6.07) is 9.34. The maximum Gasteiger partial charge on any atom is 0.282 e. The highest BCUT2D eigenvalue weighted by Gasteiger charge is 2.33. The van der Waals surface area contributed by atoms with Crippen LogP contribution < -0.4 is 5.32 Å². The Bertz CT molecular complexity index is 651. The van der Waals surface area contributed by atoms with Crippen LogP contribution >= 0.6 is 0 Å². The SMILES string of the molecule is O=C(CN1CCN(S(=O)(=O)N2CCCC2)CC1)Nc1ccccc1. The summed E-state index contributed by atoms with van der Waals surface area (Å²) in [7, 11) is -3.32. The molecule has 0 bridgehead atoms. The average Bonchev–Trinajstić information content (AvgIpc) is 3.11. The van der Waals surface area contributed by atoms with E-state index in [1.165, 1.54) is 0 Å². The Morgan fingerprint density at radius 2 is 1.50 bits per heavy atom. The second-order valence-electron chi connectivity index (χ2n) is 6.20. The van der Waals surface area contributed by atoms with Gasteiger partial charge in [0.25, 0.3) is 10.2 Å². The first kappa shape index (κ1) is 17.3. The fourth-order valence-electron chi connectivity index (χ4n) is 3.13. The number of rotatable bonds is 5. The predicted octanol–water partition coefficient (Wildman–Crippen LogP) is 0.583. The molecule has 0 spiro atoms. The highest BCUT2D eigenvalue weighted by molar-refractivity contribution is 7.86. The van der Waals surface area contributed by atoms with Gasteiger partial charge in [0.2, 0.25) is 5.91 Å². The van der Waals surface area contributed by atoms with E-state index in [0.717, 1.165) is 18.5 Å². The molecule has 1 amide bonds. The Labute approximate surface area is 143 Å². The number of hydrogen-bond acceptors (Lipinski definition) is 4. The van der Waals surface area contributed by atoms with Gasteiger partial charge in [0.05, 0.1) is 6.54 Å². The third-order valence-electron chi connectivity index (χ3n) is 4.47. The van der Waals surface area contributed by atoms with Crippen molar-refractivity contribution in [1.82, 2.24) is 13.5 Å². The molecular weight excluding hydrogens is 328 g/mol. The molecule has 1 N–H and O–H groups in total. The summed E-state index contributed by atoms with van der Waals surface area (Å²) in [5.41, 5.74) is 0.776. The van der Waals surface area contributed by atoms with Crippen molar-refractivity contribution in [3.05, 3.63) is 30.3 Å². The first-order chi connectivity index (χ1) is 11.6. The zero-order valence-electron chi connectivity index (χ0n) is 13.7. The summed E-state index contributed by atoms with van der Waals surface area (Å²) in [6.07, 6.45) is 1.89. The van der Waals surface area contributed by atoms with Crippen LogP contribution in [-0.2, 0) is 15.0 Å². The maximum absolute atomic E-state index is 12.5. The molecule has 8 heteroatoms. The zero-order chi connectivity index (χ0) is 17.0. The Balaban J connectivity index is 1.47. The number of para-hydroxylation sites is 1. The van der Waals surface area contributed by atoms with Gasteiger partial charge >= 0.3 is 0 Å². The standard InChI is InChI=1S/C16H24N4O3S/c21-16(17-15-6-2-1-3-7-15)14-18-10-12-20(13-11-18)24(22,23)19-8-4-5-9-19/h1-3,6-7H,4-5,8-14H2,(H,17,21). The third-order valence-corrected chi connectivity index (χ3v) is 6.51. The van der Waals surface area contributed by atoms with Gasteiger partial charge in [-0.3, -0.25) is 9.69 Å². The summed E-state index contributed by atoms with van der Waals surface area (Å²) in [4.78, 5) is 14.1. The fourth-order valence-corrected chi connectivity index (χ4v) is 4.80. The van der Waals surface area contributed by atoms with E-state index in [9.17, 15) is 13.2 Å². The van der Waals surface area contributed by atoms with Gasteiger partial charge in [0, 0.05) is 45.0 Å². The van der Waals surface area contributed by atoms with Gasteiger partial charge in [-0.15, -0.1) is 0 Å². The highest BCUT2D eigenvalue weighted by Crippen LogP contribution is 2.18. The normalized spacial score (nSPS) is 21.0. The maximum atomic E-state index is 12.5. The summed E-state index contributed by atoms with van der Waals surface area (Å²) in [6.45, 7) is 3.58. The van der Waals surface area contributed by atoms with Crippen molar-refractivity contribution < 1.29 is 13.2 Å². The zero-order valence-corrected chi connectivity index (χ0v) is 14.5. The third kappa shape index (κ3) is 4.13. The van der Waals surface area contributed by atoms with Gasteiger partial charge in [0.15, 0.2) is 0 Å². The van der Waals surface area contributed by atoms with Crippen molar-refractivity contribution in [3.8, 4) is 0 Å². The highest BCUT2D eigenvalue weighted by atomic mass is 32.2. The molecule has 2 aliphatic heterocycles. The number of nitrogens with zero attached hydrogens (tertiary/aromatic N) is 3. The molecule has 24 heavy (non-hydrogen) atoms. The smallest absolute Gasteiger partial charge is 0.282 e. The molecule has 2 fully saturated rings. The summed E-state index contributed by atoms with van der Waals surface area (Å²) in [5.74, 6) is -0.0722. The molecule has 0 unspecified atom stereocenters. The lowest BCUT2D eigenvalue weighted by Gasteiger charge is -2.35. The second-order valence-corrected chi connectivity index (χ2v) is 8.13. The summed E-state index contributed by atoms with van der Waals surface area (Å²) < 4.78 is 28.1. The topological polar surface area (TPSA) is 73.0 Å². The Morgan fingerprint density at radius 1 is 0.917 bits per heavy atom. The summed E-state index contributed by atoms with van der Waals surface area (Å²) in [5, 5.41) is 2.85. The molecule has 0 radical (unpaired) electrons. The van der Waals surface area contributed by atoms with Crippen molar-refractivity contribution in [2.24, 2.45) is 0 Å². The van der Waals surface area contributed by atoms with E-state index in [1.54, 1.807) is 8.61 Å². The van der Waals surface area contributed by atoms with Crippen LogP contribution in [-0.4, -0.2) is 73.6 Å². The van der Waals surface area contributed by atoms with E-state index in [4.69, 9.17) is 0 Å². The van der Waals surface area contributed by atoms with E-state index < -0.39 is 10.2 Å². The van der Waals surface area contributed by atoms with Gasteiger partial charge in [-0.25, -0.2) is 0 Å². The minimum absolute atomic E-state index is 0.0722. The van der Waals surface area contributed by atoms with Gasteiger partial charge in [0.1, 0.15) is 0 Å². The molecule has 1 aromatic carbocycles. The molecule has 2 aliphatic rings. The van der Waals surface area contributed by atoms with E-state index in [2.05, 4.69) is 5.32 Å². The van der Waals surface area contributed by atoms with Crippen LogP contribution in [0, 0.1) is 0 Å². The van der Waals surface area contributed by atoms with E-state index in [1.807, 2.05) is 35.2 Å². The van der Waals surface area contributed by atoms with Crippen LogP contribution in [0.2, 0.25) is 0 Å². The number of nitrogens with one attached hydrogen (secondary N) is 1. The molecule has 1 aromatic rings. The number of carbonyl (C=O) groups is 1. The van der Waals surface area contributed by atoms with Crippen molar-refractivity contribution in [2.75, 3.05) is 51.1 Å². The van der Waals surface area contributed by atoms with Crippen LogP contribution in [0.1, 0.15) is 12.8 Å². The van der Waals surface area contributed by atoms with Crippen molar-refractivity contribution in [1.29, 1.82) is 0 Å². The number of benzene rings is 1. The largest absolute Gasteiger partial charge is 0.325 e. The molecule has 0 atom stereocenters. The monoisotopic (exact) mass is 352 g/mol. The average molecular weight is 352 g/mol. The molecule has 0 aliphatic carbocycles. The van der Waals surface area contributed by atoms with Gasteiger partial charge < -0.3 is 5.32 Å². The molecule has 2 heterocycles. The second kappa shape index (κ2) is 7.60. The van der Waals surface area contributed by atoms with Gasteiger partial charge in [-0.05, 0) is 25.0 Å². The number of anilines is 1. The molecule has 0 aromatic heterocycles. The van der Waals surface area contributed by atoms with Crippen LogP contribution in [0.4, 0.5) is 5.69 Å². The van der Waals surface area contributed by atoms with Crippen molar-refractivity contribution >= 4 is 21.8 Å². The molecular formula is C16H24N4O3S. The molecule has 2 saturated heterocycles. The van der Waals surface area contributed by atoms with Crippen LogP contribution in [0.25, 0.3) is 0 Å². The fraction of sp³-hybridized carbons (Fsp3) is 0.562. The lowest BCUT2D eigenvalue weighted by atomic mass is 10.3. The Morgan fingerprint density at radius 3 is 2.12 bits per heavy atom. The van der Waals surface area contributed by atoms with Crippen LogP contribution in [0.3, 0.4) is 0 Å². The van der Waals surface area contributed by atoms with E-state index in [0.29, 0.717) is 39.3 Å². The van der Waals surface area contributed by atoms with Gasteiger partial charge in [-0.2, -0.15) is 17.0 Å². The lowest BCUT2D eigenvalue weighted by Crippen LogP contribution is -2.53. The number of hydrogen-bond donors (Lipinski definition) is 1.